The van der Waals surface area contributed by atoms with Crippen LogP contribution in [0.1, 0.15) is 45.6 Å². The lowest BCUT2D eigenvalue weighted by atomic mass is 9.75. The summed E-state index contributed by atoms with van der Waals surface area (Å²) < 4.78 is 15.7. The molecule has 4 heteroatoms. The maximum absolute atomic E-state index is 13.5. The Morgan fingerprint density at radius 2 is 2.05 bits per heavy atom. The van der Waals surface area contributed by atoms with Crippen LogP contribution in [0.25, 0.3) is 11.0 Å². The molecule has 1 fully saturated rings. The molecule has 0 atom stereocenters. The molecule has 0 amide bonds. The Bertz CT molecular complexity index is 608. The molecule has 2 aromatic heterocycles. The van der Waals surface area contributed by atoms with Crippen LogP contribution in [0.3, 0.4) is 0 Å². The third-order valence-corrected chi connectivity index (χ3v) is 4.57. The molecule has 102 valence electrons. The van der Waals surface area contributed by atoms with Crippen LogP contribution in [0.5, 0.6) is 0 Å². The first kappa shape index (κ1) is 12.9. The van der Waals surface area contributed by atoms with Crippen LogP contribution in [-0.2, 0) is 0 Å². The number of fused-ring (bicyclic) bond motifs is 1. The molecule has 1 aliphatic carbocycles. The molecule has 2 aromatic rings. The summed E-state index contributed by atoms with van der Waals surface area (Å²) in [6.45, 7) is 4.63. The summed E-state index contributed by atoms with van der Waals surface area (Å²) in [5.74, 6) is -0.578. The fourth-order valence-corrected chi connectivity index (χ4v) is 3.15. The summed E-state index contributed by atoms with van der Waals surface area (Å²) in [6, 6.07) is 4.05. The number of hydrogen-bond donors (Lipinski definition) is 0. The van der Waals surface area contributed by atoms with Gasteiger partial charge in [-0.05, 0) is 43.2 Å². The molecule has 0 unspecified atom stereocenters. The molecule has 0 spiro atoms. The second-order valence-corrected chi connectivity index (χ2v) is 6.70. The van der Waals surface area contributed by atoms with Gasteiger partial charge in [-0.3, -0.25) is 0 Å². The van der Waals surface area contributed by atoms with E-state index >= 15 is 0 Å². The third kappa shape index (κ3) is 2.36. The first-order chi connectivity index (χ1) is 8.96. The van der Waals surface area contributed by atoms with Crippen molar-refractivity contribution >= 4 is 22.6 Å². The van der Waals surface area contributed by atoms with E-state index in [1.807, 2.05) is 12.3 Å². The van der Waals surface area contributed by atoms with Crippen LogP contribution in [0.4, 0.5) is 4.39 Å². The molecule has 0 aliphatic heterocycles. The Morgan fingerprint density at radius 1 is 1.37 bits per heavy atom. The van der Waals surface area contributed by atoms with Gasteiger partial charge in [0.05, 0.1) is 5.02 Å². The summed E-state index contributed by atoms with van der Waals surface area (Å²) >= 11 is 5.77. The Hall–Kier alpha value is -1.09. The van der Waals surface area contributed by atoms with Gasteiger partial charge in [0.15, 0.2) is 0 Å². The quantitative estimate of drug-likeness (QED) is 0.674. The SMILES string of the molecule is CC1(C)CCC(n2ccc3cc(Cl)c(F)nc32)CC1. The number of aromatic nitrogens is 2. The van der Waals surface area contributed by atoms with E-state index in [9.17, 15) is 4.39 Å². The lowest BCUT2D eigenvalue weighted by Gasteiger charge is -2.35. The summed E-state index contributed by atoms with van der Waals surface area (Å²) in [5.41, 5.74) is 1.15. The van der Waals surface area contributed by atoms with Gasteiger partial charge >= 0.3 is 0 Å². The number of rotatable bonds is 1. The van der Waals surface area contributed by atoms with Crippen LogP contribution in [0, 0.1) is 11.4 Å². The van der Waals surface area contributed by atoms with E-state index in [1.165, 1.54) is 12.8 Å². The molecule has 1 aliphatic rings. The van der Waals surface area contributed by atoms with E-state index < -0.39 is 5.95 Å². The second-order valence-electron chi connectivity index (χ2n) is 6.29. The molecule has 0 bridgehead atoms. The van der Waals surface area contributed by atoms with Crippen molar-refractivity contribution in [2.75, 3.05) is 0 Å². The molecule has 0 aromatic carbocycles. The average molecular weight is 281 g/mol. The molecule has 0 saturated heterocycles. The molecule has 2 nitrogen and oxygen atoms in total. The van der Waals surface area contributed by atoms with Crippen molar-refractivity contribution in [1.29, 1.82) is 0 Å². The van der Waals surface area contributed by atoms with E-state index in [-0.39, 0.29) is 5.02 Å². The Morgan fingerprint density at radius 3 is 2.74 bits per heavy atom. The van der Waals surface area contributed by atoms with Crippen molar-refractivity contribution < 1.29 is 4.39 Å². The van der Waals surface area contributed by atoms with Gasteiger partial charge in [-0.15, -0.1) is 0 Å². The zero-order chi connectivity index (χ0) is 13.6. The largest absolute Gasteiger partial charge is 0.329 e. The lowest BCUT2D eigenvalue weighted by Crippen LogP contribution is -2.23. The van der Waals surface area contributed by atoms with Gasteiger partial charge < -0.3 is 4.57 Å². The first-order valence-corrected chi connectivity index (χ1v) is 7.17. The van der Waals surface area contributed by atoms with Crippen molar-refractivity contribution in [1.82, 2.24) is 9.55 Å². The molecule has 0 N–H and O–H groups in total. The van der Waals surface area contributed by atoms with Gasteiger partial charge in [0.25, 0.3) is 0 Å². The first-order valence-electron chi connectivity index (χ1n) is 6.79. The summed E-state index contributed by atoms with van der Waals surface area (Å²) in [5, 5.41) is 1.01. The van der Waals surface area contributed by atoms with Gasteiger partial charge in [0, 0.05) is 17.6 Å². The maximum atomic E-state index is 13.5. The van der Waals surface area contributed by atoms with Gasteiger partial charge in [0.1, 0.15) is 5.65 Å². The monoisotopic (exact) mass is 280 g/mol. The Balaban J connectivity index is 1.96. The van der Waals surface area contributed by atoms with Gasteiger partial charge in [-0.25, -0.2) is 4.98 Å². The Labute approximate surface area is 117 Å². The molecule has 19 heavy (non-hydrogen) atoms. The van der Waals surface area contributed by atoms with Crippen LogP contribution in [0.2, 0.25) is 5.02 Å². The minimum atomic E-state index is -0.578. The molecule has 2 heterocycles. The summed E-state index contributed by atoms with van der Waals surface area (Å²) in [4.78, 5) is 4.01. The fraction of sp³-hybridized carbons (Fsp3) is 0.533. The lowest BCUT2D eigenvalue weighted by molar-refractivity contribution is 0.196. The summed E-state index contributed by atoms with van der Waals surface area (Å²) in [7, 11) is 0. The number of pyridine rings is 1. The van der Waals surface area contributed by atoms with E-state index in [4.69, 9.17) is 11.6 Å². The average Bonchev–Trinajstić information content (AvgIpc) is 2.73. The molecule has 0 radical (unpaired) electrons. The van der Waals surface area contributed by atoms with Crippen LogP contribution < -0.4 is 0 Å². The topological polar surface area (TPSA) is 17.8 Å². The minimum absolute atomic E-state index is 0.0926. The van der Waals surface area contributed by atoms with Crippen molar-refractivity contribution in [2.45, 2.75) is 45.6 Å². The zero-order valence-electron chi connectivity index (χ0n) is 11.3. The van der Waals surface area contributed by atoms with Crippen molar-refractivity contribution in [3.63, 3.8) is 0 Å². The highest BCUT2D eigenvalue weighted by molar-refractivity contribution is 6.31. The highest BCUT2D eigenvalue weighted by atomic mass is 35.5. The molecule has 1 saturated carbocycles. The van der Waals surface area contributed by atoms with Crippen molar-refractivity contribution in [2.24, 2.45) is 5.41 Å². The van der Waals surface area contributed by atoms with E-state index in [0.29, 0.717) is 17.1 Å². The number of hydrogen-bond acceptors (Lipinski definition) is 1. The van der Waals surface area contributed by atoms with Gasteiger partial charge in [-0.2, -0.15) is 4.39 Å². The Kier molecular flexibility index (Phi) is 3.05. The predicted molar refractivity (Wildman–Crippen MR) is 76.0 cm³/mol. The normalized spacial score (nSPS) is 20.0. The minimum Gasteiger partial charge on any atom is -0.329 e. The maximum Gasteiger partial charge on any atom is 0.233 e. The highest BCUT2D eigenvalue weighted by Crippen LogP contribution is 2.41. The molecular formula is C15H18ClFN2. The third-order valence-electron chi connectivity index (χ3n) is 4.30. The van der Waals surface area contributed by atoms with Gasteiger partial charge in [0.2, 0.25) is 5.95 Å². The van der Waals surface area contributed by atoms with Crippen molar-refractivity contribution in [3.05, 3.63) is 29.3 Å². The second kappa shape index (κ2) is 4.48. The molecular weight excluding hydrogens is 263 g/mol. The predicted octanol–water partition coefficient (Wildman–Crippen LogP) is 4.97. The summed E-state index contributed by atoms with van der Waals surface area (Å²) in [6.07, 6.45) is 6.67. The van der Waals surface area contributed by atoms with Crippen LogP contribution >= 0.6 is 11.6 Å². The standard InChI is InChI=1S/C15H18ClFN2/c1-15(2)6-3-11(4-7-15)19-8-5-10-9-12(16)13(17)18-14(10)19/h5,8-9,11H,3-4,6-7H2,1-2H3. The molecule has 3 rings (SSSR count). The number of halogens is 2. The zero-order valence-corrected chi connectivity index (χ0v) is 12.0. The van der Waals surface area contributed by atoms with E-state index in [2.05, 4.69) is 23.4 Å². The van der Waals surface area contributed by atoms with Gasteiger partial charge in [-0.1, -0.05) is 25.4 Å². The smallest absolute Gasteiger partial charge is 0.233 e. The van der Waals surface area contributed by atoms with Crippen molar-refractivity contribution in [3.8, 4) is 0 Å². The highest BCUT2D eigenvalue weighted by Gasteiger charge is 2.28. The fourth-order valence-electron chi connectivity index (χ4n) is 2.99. The van der Waals surface area contributed by atoms with E-state index in [1.54, 1.807) is 6.07 Å². The number of nitrogens with zero attached hydrogens (tertiary/aromatic N) is 2. The van der Waals surface area contributed by atoms with E-state index in [0.717, 1.165) is 18.2 Å². The van der Waals surface area contributed by atoms with Crippen LogP contribution in [0.15, 0.2) is 18.3 Å². The van der Waals surface area contributed by atoms with Crippen LogP contribution in [-0.4, -0.2) is 9.55 Å².